The number of hydrogen-bond acceptors (Lipinski definition) is 23. The summed E-state index contributed by atoms with van der Waals surface area (Å²) in [5.74, 6) is -2.24. The van der Waals surface area contributed by atoms with E-state index in [0.717, 1.165) is 17.7 Å². The molecule has 1 aromatic carbocycles. The number of ketones is 1. The van der Waals surface area contributed by atoms with Crippen molar-refractivity contribution >= 4 is 115 Å². The third kappa shape index (κ3) is 15.4. The number of aliphatic hydroxyl groups excluding tert-OH is 1. The van der Waals surface area contributed by atoms with Gasteiger partial charge in [-0.1, -0.05) is 50.8 Å². The lowest BCUT2D eigenvalue weighted by Gasteiger charge is -2.26. The Labute approximate surface area is 538 Å². The van der Waals surface area contributed by atoms with E-state index in [1.165, 1.54) is 75.1 Å². The second-order valence-corrected chi connectivity index (χ2v) is 27.7. The number of fused-ring (bicyclic) bond motifs is 14. The zero-order valence-electron chi connectivity index (χ0n) is 49.5. The van der Waals surface area contributed by atoms with Gasteiger partial charge in [-0.15, -0.1) is 68.0 Å². The van der Waals surface area contributed by atoms with E-state index < -0.39 is 30.0 Å². The predicted molar refractivity (Wildman–Crippen MR) is 348 cm³/mol. The number of aliphatic hydroxyl groups is 1. The van der Waals surface area contributed by atoms with Crippen molar-refractivity contribution in [3.63, 3.8) is 0 Å². The Morgan fingerprint density at radius 2 is 1.45 bits per heavy atom. The molecule has 0 unspecified atom stereocenters. The fourth-order valence-corrected chi connectivity index (χ4v) is 16.0. The average molecular weight is 1320 g/mol. The number of amides is 5. The number of unbranched alkanes of at least 4 members (excludes halogenated alkanes) is 1. The first-order chi connectivity index (χ1) is 43.0. The number of hydrogen-bond donors (Lipinski definition) is 8. The van der Waals surface area contributed by atoms with Crippen LogP contribution in [-0.2, 0) is 30.5 Å². The molecular formula is C61H68N14O8S6. The lowest BCUT2D eigenvalue weighted by Crippen LogP contribution is -2.38. The molecule has 466 valence electrons. The van der Waals surface area contributed by atoms with Crippen molar-refractivity contribution in [2.45, 2.75) is 103 Å². The third-order valence-corrected chi connectivity index (χ3v) is 21.2. The number of ether oxygens (including phenoxy) is 1. The molecule has 4 atom stereocenters. The van der Waals surface area contributed by atoms with E-state index in [4.69, 9.17) is 45.4 Å². The zero-order chi connectivity index (χ0) is 62.9. The van der Waals surface area contributed by atoms with E-state index >= 15 is 0 Å². The number of methoxy groups -OCH3 is 1. The summed E-state index contributed by atoms with van der Waals surface area (Å²) < 4.78 is 5.59. The van der Waals surface area contributed by atoms with Crippen molar-refractivity contribution in [3.8, 4) is 43.4 Å². The molecule has 7 aromatic heterocycles. The molecule has 1 saturated carbocycles. The van der Waals surface area contributed by atoms with Gasteiger partial charge in [0.1, 0.15) is 77.2 Å². The minimum absolute atomic E-state index is 0.0201. The van der Waals surface area contributed by atoms with Crippen LogP contribution in [0.25, 0.3) is 49.1 Å². The summed E-state index contributed by atoms with van der Waals surface area (Å²) in [6, 6.07) is 10.7. The van der Waals surface area contributed by atoms with Gasteiger partial charge in [0.2, 0.25) is 23.6 Å². The summed E-state index contributed by atoms with van der Waals surface area (Å²) in [5, 5.41) is 39.7. The number of carbonyl (C=O) groups excluding carboxylic acids is 6. The van der Waals surface area contributed by atoms with Gasteiger partial charge in [-0.05, 0) is 75.6 Å². The van der Waals surface area contributed by atoms with Gasteiger partial charge in [0.05, 0.1) is 46.9 Å². The maximum absolute atomic E-state index is 14.4. The number of nitrogens with one attached hydrogen (secondary N) is 6. The quantitative estimate of drug-likeness (QED) is 0.0443. The van der Waals surface area contributed by atoms with Crippen LogP contribution in [0.5, 0.6) is 0 Å². The van der Waals surface area contributed by atoms with Crippen molar-refractivity contribution in [1.29, 1.82) is 0 Å². The van der Waals surface area contributed by atoms with E-state index in [-0.39, 0.29) is 84.6 Å². The molecule has 0 radical (unpaired) electrons. The standard InChI is InChI=1S/C61H68N14O8S6/c1-30(2)37-22-43(76)49-32(4)88-60(75-49)39(23-46(77)63-5)67-55(82)41-27-84-56(69-41)36-18-19-38(58-72-45(29-87-58)71-54(81)35-16-14-34(15-17-35)53(80)64-21-11-10-20-62)66-50(36)40-26-85-59(68-40)42-28-86-61(70-42)51(52(79)33-12-8-7-9-13-33)73-47(78)24-65-31(3)48-44(25-83-6)89-57(37)74-48/h7-9,12-13,18-19,26-30,34-35,37,39,51-52,65,79H,3,10-11,14-17,20-25,62H2,1-2,4-6H3,(H,63,77)(H,64,80)(H,67,82)(H,71,81)(H,73,78)/t34?,35?,37-,39+,51+,52+/m1/s1. The summed E-state index contributed by atoms with van der Waals surface area (Å²) in [5.41, 5.74) is 9.63. The molecule has 1 fully saturated rings. The summed E-state index contributed by atoms with van der Waals surface area (Å²) >= 11 is 7.68. The number of anilines is 1. The van der Waals surface area contributed by atoms with E-state index in [2.05, 4.69) is 38.5 Å². The molecule has 8 aromatic rings. The lowest BCUT2D eigenvalue weighted by molar-refractivity contribution is -0.128. The van der Waals surface area contributed by atoms with E-state index in [0.29, 0.717) is 125 Å². The minimum Gasteiger partial charge on any atom is -0.386 e. The smallest absolute Gasteiger partial charge is 0.271 e. The molecule has 22 nitrogen and oxygen atoms in total. The molecule has 89 heavy (non-hydrogen) atoms. The number of aryl methyl sites for hydroxylation is 1. The molecule has 0 spiro atoms. The SMILES string of the molecule is C=C1NCC(=O)N[C@@H]([C@@H](O)c2ccccc2)c2nc(cs2)-c2nc(cs2)-c2nc(-c3nc(NC(=O)C4CCC(C(=O)NCCCCN)CC4)cs3)ccc2-c2nc(cs2)C(=O)N[C@@H](CC(=O)NC)c2nc(c(C)s2)C(=O)C[C@H](C(C)C)c2nc1c(COC)s2. The number of aromatic nitrogens is 7. The van der Waals surface area contributed by atoms with Crippen LogP contribution in [-0.4, -0.2) is 109 Å². The maximum Gasteiger partial charge on any atom is 0.271 e. The van der Waals surface area contributed by atoms with Gasteiger partial charge in [0.15, 0.2) is 5.78 Å². The van der Waals surface area contributed by atoms with E-state index in [1.807, 2.05) is 36.7 Å². The Hall–Kier alpha value is -7.41. The Morgan fingerprint density at radius 3 is 2.19 bits per heavy atom. The number of benzene rings is 1. The third-order valence-electron chi connectivity index (χ3n) is 15.4. The van der Waals surface area contributed by atoms with Crippen molar-refractivity contribution in [3.05, 3.63) is 118 Å². The fourth-order valence-electron chi connectivity index (χ4n) is 10.5. The number of nitrogens with zero attached hydrogens (tertiary/aromatic N) is 7. The van der Waals surface area contributed by atoms with Gasteiger partial charge in [-0.3, -0.25) is 28.8 Å². The molecule has 1 aliphatic heterocycles. The van der Waals surface area contributed by atoms with Gasteiger partial charge >= 0.3 is 0 Å². The summed E-state index contributed by atoms with van der Waals surface area (Å²) in [6.07, 6.45) is 2.71. The molecule has 8 heterocycles. The molecule has 0 saturated heterocycles. The molecule has 10 rings (SSSR count). The number of thiazole rings is 6. The van der Waals surface area contributed by atoms with E-state index in [1.54, 1.807) is 55.1 Å². The van der Waals surface area contributed by atoms with Gasteiger partial charge in [-0.2, -0.15) is 0 Å². The van der Waals surface area contributed by atoms with Crippen LogP contribution in [0.3, 0.4) is 0 Å². The Kier molecular flexibility index (Phi) is 21.4. The molecule has 2 aliphatic rings. The number of rotatable bonds is 15. The van der Waals surface area contributed by atoms with Crippen molar-refractivity contribution in [2.75, 3.05) is 39.1 Å². The highest BCUT2D eigenvalue weighted by Crippen LogP contribution is 2.41. The lowest BCUT2D eigenvalue weighted by atomic mass is 9.81. The number of pyridine rings is 1. The predicted octanol–water partition coefficient (Wildman–Crippen LogP) is 9.63. The highest BCUT2D eigenvalue weighted by Gasteiger charge is 2.34. The van der Waals surface area contributed by atoms with Crippen LogP contribution >= 0.6 is 68.0 Å². The van der Waals surface area contributed by atoms with Crippen LogP contribution in [0.15, 0.2) is 70.6 Å². The van der Waals surface area contributed by atoms with Crippen LogP contribution < -0.4 is 37.6 Å². The molecule has 1 aliphatic carbocycles. The number of nitrogens with two attached hydrogens (primary N) is 1. The van der Waals surface area contributed by atoms with Crippen LogP contribution in [0.4, 0.5) is 5.82 Å². The monoisotopic (exact) mass is 1320 g/mol. The Morgan fingerprint density at radius 1 is 0.753 bits per heavy atom. The summed E-state index contributed by atoms with van der Waals surface area (Å²) in [6.45, 7) is 11.2. The molecule has 10 bridgehead atoms. The Balaban J connectivity index is 0.992. The van der Waals surface area contributed by atoms with Crippen LogP contribution in [0, 0.1) is 24.7 Å². The number of carbonyl (C=O) groups is 6. The van der Waals surface area contributed by atoms with Gasteiger partial charge in [-0.25, -0.2) is 34.9 Å². The molecule has 28 heteroatoms. The van der Waals surface area contributed by atoms with Crippen molar-refractivity contribution in [1.82, 2.24) is 61.5 Å². The highest BCUT2D eigenvalue weighted by atomic mass is 32.1. The largest absolute Gasteiger partial charge is 0.386 e. The van der Waals surface area contributed by atoms with Crippen LogP contribution in [0.1, 0.15) is 146 Å². The summed E-state index contributed by atoms with van der Waals surface area (Å²) in [7, 11) is 3.07. The van der Waals surface area contributed by atoms with Crippen LogP contribution in [0.2, 0.25) is 0 Å². The first-order valence-electron chi connectivity index (χ1n) is 29.1. The maximum atomic E-state index is 14.4. The minimum atomic E-state index is -1.21. The first-order valence-corrected chi connectivity index (χ1v) is 34.2. The zero-order valence-corrected chi connectivity index (χ0v) is 54.4. The Bertz CT molecular complexity index is 3860. The highest BCUT2D eigenvalue weighted by molar-refractivity contribution is 7.15. The van der Waals surface area contributed by atoms with Gasteiger partial charge < -0.3 is 47.5 Å². The van der Waals surface area contributed by atoms with E-state index in [9.17, 15) is 33.9 Å². The van der Waals surface area contributed by atoms with Gasteiger partial charge in [0.25, 0.3) is 5.91 Å². The van der Waals surface area contributed by atoms with Gasteiger partial charge in [0, 0.05) is 76.8 Å². The summed E-state index contributed by atoms with van der Waals surface area (Å²) in [4.78, 5) is 118. The topological polar surface area (TPSA) is 320 Å². The van der Waals surface area contributed by atoms with Crippen molar-refractivity contribution in [2.24, 2.45) is 23.5 Å². The normalized spacial score (nSPS) is 18.8. The molecule has 9 N–H and O–H groups in total. The second-order valence-electron chi connectivity index (χ2n) is 21.9. The fraction of sp³-hybridized carbons (Fsp3) is 0.393. The molecular weight excluding hydrogens is 1250 g/mol. The molecule has 5 amide bonds. The number of Topliss-reactive ketones (excluding diaryl/α,β-unsaturated/α-hetero) is 1. The second kappa shape index (κ2) is 29.5. The first kappa shape index (κ1) is 64.6. The average Bonchev–Trinajstić information content (AvgIpc) is 1.87. The van der Waals surface area contributed by atoms with Crippen molar-refractivity contribution < 1.29 is 38.6 Å².